The fourth-order valence-electron chi connectivity index (χ4n) is 3.07. The van der Waals surface area contributed by atoms with Crippen molar-refractivity contribution in [2.75, 3.05) is 0 Å². The number of nitrogens with zero attached hydrogens (tertiary/aromatic N) is 3. The lowest BCUT2D eigenvalue weighted by molar-refractivity contribution is 0.367. The quantitative estimate of drug-likeness (QED) is 0.584. The molecule has 142 valence electrons. The minimum absolute atomic E-state index is 0.109. The van der Waals surface area contributed by atoms with Gasteiger partial charge in [-0.05, 0) is 36.1 Å². The summed E-state index contributed by atoms with van der Waals surface area (Å²) in [7, 11) is 0. The van der Waals surface area contributed by atoms with Gasteiger partial charge >= 0.3 is 0 Å². The first kappa shape index (κ1) is 18.6. The van der Waals surface area contributed by atoms with Gasteiger partial charge < -0.3 is 24.5 Å². The lowest BCUT2D eigenvalue weighted by atomic mass is 10.0. The maximum absolute atomic E-state index is 10.6. The Bertz CT molecular complexity index is 925. The summed E-state index contributed by atoms with van der Waals surface area (Å²) in [6.45, 7) is 5.43. The molecule has 6 heteroatoms. The van der Waals surface area contributed by atoms with Gasteiger partial charge in [0, 0.05) is 25.5 Å². The molecule has 0 saturated heterocycles. The lowest BCUT2D eigenvalue weighted by Gasteiger charge is -2.10. The van der Waals surface area contributed by atoms with Crippen molar-refractivity contribution in [1.29, 1.82) is 0 Å². The SMILES string of the molecule is CC(C)C=Cc1c(-c2cccc(O)c2)c(O)c(O)n1CCCn1ccnc1. The van der Waals surface area contributed by atoms with E-state index in [0.717, 1.165) is 18.7 Å². The van der Waals surface area contributed by atoms with Crippen molar-refractivity contribution in [3.05, 3.63) is 54.8 Å². The van der Waals surface area contributed by atoms with Crippen LogP contribution in [0.5, 0.6) is 17.4 Å². The van der Waals surface area contributed by atoms with Gasteiger partial charge in [0.1, 0.15) is 5.75 Å². The van der Waals surface area contributed by atoms with Gasteiger partial charge in [-0.15, -0.1) is 0 Å². The van der Waals surface area contributed by atoms with Crippen molar-refractivity contribution in [3.63, 3.8) is 0 Å². The first-order valence-corrected chi connectivity index (χ1v) is 9.05. The van der Waals surface area contributed by atoms with Crippen molar-refractivity contribution < 1.29 is 15.3 Å². The van der Waals surface area contributed by atoms with Gasteiger partial charge in [0.15, 0.2) is 5.75 Å². The highest BCUT2D eigenvalue weighted by molar-refractivity contribution is 5.82. The Morgan fingerprint density at radius 2 is 1.96 bits per heavy atom. The largest absolute Gasteiger partial charge is 0.508 e. The number of imidazole rings is 1. The molecule has 2 heterocycles. The number of aromatic hydroxyl groups is 3. The Hall–Kier alpha value is -3.15. The number of phenols is 1. The molecule has 0 radical (unpaired) electrons. The molecule has 6 nitrogen and oxygen atoms in total. The number of hydrogen-bond acceptors (Lipinski definition) is 4. The second-order valence-electron chi connectivity index (χ2n) is 6.89. The molecule has 2 aromatic heterocycles. The molecule has 0 spiro atoms. The standard InChI is InChI=1S/C21H25N3O3/c1-15(2)7-8-18-19(16-5-3-6-17(25)13-16)20(26)21(27)24(18)11-4-10-23-12-9-22-14-23/h3,5-9,12-15,25-27H,4,10-11H2,1-2H3. The minimum atomic E-state index is -0.174. The molecule has 0 unspecified atom stereocenters. The van der Waals surface area contributed by atoms with Crippen molar-refractivity contribution in [2.45, 2.75) is 33.4 Å². The minimum Gasteiger partial charge on any atom is -0.508 e. The van der Waals surface area contributed by atoms with Crippen molar-refractivity contribution in [3.8, 4) is 28.5 Å². The molecule has 0 bridgehead atoms. The molecule has 27 heavy (non-hydrogen) atoms. The highest BCUT2D eigenvalue weighted by Gasteiger charge is 2.22. The normalized spacial score (nSPS) is 11.7. The monoisotopic (exact) mass is 367 g/mol. The van der Waals surface area contributed by atoms with E-state index >= 15 is 0 Å². The third-order valence-electron chi connectivity index (χ3n) is 4.38. The number of allylic oxidation sites excluding steroid dienone is 1. The number of benzene rings is 1. The molecule has 0 aliphatic rings. The van der Waals surface area contributed by atoms with E-state index in [1.54, 1.807) is 41.4 Å². The Morgan fingerprint density at radius 1 is 1.15 bits per heavy atom. The Balaban J connectivity index is 1.99. The summed E-state index contributed by atoms with van der Waals surface area (Å²) in [5.74, 6) is 0.0904. The molecule has 0 amide bonds. The third kappa shape index (κ3) is 4.16. The van der Waals surface area contributed by atoms with Crippen LogP contribution in [-0.4, -0.2) is 29.4 Å². The summed E-state index contributed by atoms with van der Waals surface area (Å²) in [6, 6.07) is 6.67. The predicted octanol–water partition coefficient (Wildman–Crippen LogP) is 4.23. The van der Waals surface area contributed by atoms with E-state index in [1.165, 1.54) is 0 Å². The van der Waals surface area contributed by atoms with Crippen LogP contribution in [0.4, 0.5) is 0 Å². The van der Waals surface area contributed by atoms with Gasteiger partial charge in [-0.2, -0.15) is 0 Å². The van der Waals surface area contributed by atoms with Crippen LogP contribution in [0.1, 0.15) is 26.0 Å². The van der Waals surface area contributed by atoms with E-state index in [1.807, 2.05) is 22.9 Å². The van der Waals surface area contributed by atoms with Gasteiger partial charge in [-0.1, -0.05) is 32.1 Å². The molecule has 1 aromatic carbocycles. The average Bonchev–Trinajstić information content (AvgIpc) is 3.22. The smallest absolute Gasteiger partial charge is 0.235 e. The second kappa shape index (κ2) is 8.03. The molecule has 0 aliphatic heterocycles. The molecule has 0 fully saturated rings. The van der Waals surface area contributed by atoms with E-state index in [-0.39, 0.29) is 17.4 Å². The van der Waals surface area contributed by atoms with Crippen molar-refractivity contribution in [1.82, 2.24) is 14.1 Å². The zero-order valence-electron chi connectivity index (χ0n) is 15.6. The predicted molar refractivity (Wildman–Crippen MR) is 106 cm³/mol. The fraction of sp³-hybridized carbons (Fsp3) is 0.286. The number of aromatic nitrogens is 3. The van der Waals surface area contributed by atoms with Crippen molar-refractivity contribution >= 4 is 6.08 Å². The zero-order chi connectivity index (χ0) is 19.4. The molecule has 0 aliphatic carbocycles. The number of rotatable bonds is 7. The molecule has 3 aromatic rings. The average molecular weight is 367 g/mol. The van der Waals surface area contributed by atoms with Crippen LogP contribution in [-0.2, 0) is 13.1 Å². The van der Waals surface area contributed by atoms with Gasteiger partial charge in [-0.25, -0.2) is 4.98 Å². The van der Waals surface area contributed by atoms with Gasteiger partial charge in [0.25, 0.3) is 0 Å². The summed E-state index contributed by atoms with van der Waals surface area (Å²) in [6.07, 6.45) is 10.1. The topological polar surface area (TPSA) is 83.4 Å². The first-order valence-electron chi connectivity index (χ1n) is 9.05. The summed E-state index contributed by atoms with van der Waals surface area (Å²) in [5.41, 5.74) is 1.89. The van der Waals surface area contributed by atoms with Crippen LogP contribution < -0.4 is 0 Å². The Labute approximate surface area is 158 Å². The first-order chi connectivity index (χ1) is 13.0. The molecule has 3 N–H and O–H groups in total. The van der Waals surface area contributed by atoms with E-state index < -0.39 is 0 Å². The van der Waals surface area contributed by atoms with Gasteiger partial charge in [0.05, 0.1) is 17.6 Å². The summed E-state index contributed by atoms with van der Waals surface area (Å²) in [5, 5.41) is 31.0. The molecule has 0 saturated carbocycles. The molecular weight excluding hydrogens is 342 g/mol. The van der Waals surface area contributed by atoms with E-state index in [4.69, 9.17) is 0 Å². The van der Waals surface area contributed by atoms with E-state index in [2.05, 4.69) is 18.8 Å². The fourth-order valence-corrected chi connectivity index (χ4v) is 3.07. The maximum Gasteiger partial charge on any atom is 0.235 e. The third-order valence-corrected chi connectivity index (χ3v) is 4.38. The van der Waals surface area contributed by atoms with Crippen LogP contribution in [0, 0.1) is 5.92 Å². The Kier molecular flexibility index (Phi) is 5.54. The zero-order valence-corrected chi connectivity index (χ0v) is 15.6. The lowest BCUT2D eigenvalue weighted by Crippen LogP contribution is -2.04. The van der Waals surface area contributed by atoms with Crippen LogP contribution >= 0.6 is 0 Å². The van der Waals surface area contributed by atoms with Gasteiger partial charge in [0.2, 0.25) is 5.88 Å². The van der Waals surface area contributed by atoms with Crippen LogP contribution in [0.15, 0.2) is 49.1 Å². The van der Waals surface area contributed by atoms with Crippen molar-refractivity contribution in [2.24, 2.45) is 5.92 Å². The number of phenolic OH excluding ortho intramolecular Hbond substituents is 1. The second-order valence-corrected chi connectivity index (χ2v) is 6.89. The molecule has 0 atom stereocenters. The molecule has 3 rings (SSSR count). The van der Waals surface area contributed by atoms with E-state index in [9.17, 15) is 15.3 Å². The number of hydrogen-bond donors (Lipinski definition) is 3. The van der Waals surface area contributed by atoms with E-state index in [0.29, 0.717) is 23.6 Å². The Morgan fingerprint density at radius 3 is 2.63 bits per heavy atom. The van der Waals surface area contributed by atoms with Gasteiger partial charge in [-0.3, -0.25) is 0 Å². The maximum atomic E-state index is 10.6. The van der Waals surface area contributed by atoms with Crippen LogP contribution in [0.25, 0.3) is 17.2 Å². The highest BCUT2D eigenvalue weighted by atomic mass is 16.3. The van der Waals surface area contributed by atoms with Crippen LogP contribution in [0.2, 0.25) is 0 Å². The summed E-state index contributed by atoms with van der Waals surface area (Å²) < 4.78 is 3.69. The highest BCUT2D eigenvalue weighted by Crippen LogP contribution is 2.43. The van der Waals surface area contributed by atoms with Crippen LogP contribution in [0.3, 0.4) is 0 Å². The number of aryl methyl sites for hydroxylation is 1. The summed E-state index contributed by atoms with van der Waals surface area (Å²) >= 11 is 0. The molecular formula is C21H25N3O3. The summed E-state index contributed by atoms with van der Waals surface area (Å²) in [4.78, 5) is 4.03.